The molecule has 31 nitrogen and oxygen atoms in total. The average Bonchev–Trinajstić information content (AvgIpc) is 1.84. The summed E-state index contributed by atoms with van der Waals surface area (Å²) in [6, 6.07) is 21.3. The van der Waals surface area contributed by atoms with Gasteiger partial charge in [0, 0.05) is 92.6 Å². The molecular weight excluding hydrogens is 1320 g/mol. The number of ketones is 6. The number of aliphatic carboxylic acids is 1. The average molecular weight is 1390 g/mol. The SMILES string of the molecule is CC(=O)C1=Cc2ccc(C(=O)CO)cc2N=C(N)C1.CC(C)(C)OC(=O)C1=Cc2ccc(C(=O)CO)cc2N=C(N)C1.NC1=Nc2cc(C(=O)CO)ccc2C=C(C(=O)O)C1.O=Cc1ccc(C(=O)CO)cc1[N+](=O)[O-].[C-]#[N+]C/C(=C\c1ccc(C(=O)CO)cc1[N+](=O)[O-])C(=O)OC(C)(C)C. The van der Waals surface area contributed by atoms with E-state index in [1.54, 1.807) is 96.2 Å². The maximum atomic E-state index is 12.3. The number of Topliss-reactive ketones (excluding diaryl/α,β-unsaturated/α-hetero) is 6. The van der Waals surface area contributed by atoms with E-state index in [0.717, 1.165) is 17.7 Å². The molecule has 0 bridgehead atoms. The third-order valence-electron chi connectivity index (χ3n) is 13.5. The standard InChI is InChI=1S/C17H18N2O6.C17H20N2O4.C14H14N2O3.C13H12N2O4.C9H7NO5/c1-17(2,3)25-16(22)13(9-18-4)7-11-5-6-12(15(21)10-20)8-14(11)19(23)24;1-17(2,3)23-16(22)12-6-10-4-5-11(14(21)9-20)7-13(10)19-15(18)8-12;1-8(18)11-4-9-2-3-10(13(19)7-17)5-12(9)16-14(15)6-11;14-12-5-9(13(18)19)3-7-1-2-8(11(17)6-16)4-10(7)15-12;11-4-7-2-1-6(9(13)5-12)3-8(7)10(14)15/h5-8,20H,9-10H2,1-3H3;4-7,20H,8-9H2,1-3H3,(H2,18,19);2-5,17H,6-7H2,1H3,(H2,15,16);1-4,16H,5-6H2,(H2,14,15)(H,18,19);1-4,12H,5H2/b13-7+;;;;. The number of carboxylic acids is 1. The first-order chi connectivity index (χ1) is 47.4. The number of nitro benzene ring substituents is 2. The lowest BCUT2D eigenvalue weighted by atomic mass is 10.0. The minimum Gasteiger partial charge on any atom is -0.478 e. The van der Waals surface area contributed by atoms with Gasteiger partial charge in [0.05, 0.1) is 38.0 Å². The zero-order valence-corrected chi connectivity index (χ0v) is 55.5. The first kappa shape index (κ1) is 81.1. The van der Waals surface area contributed by atoms with Crippen LogP contribution in [0.1, 0.15) is 152 Å². The first-order valence-corrected chi connectivity index (χ1v) is 29.9. The van der Waals surface area contributed by atoms with Gasteiger partial charge in [-0.1, -0.05) is 48.5 Å². The van der Waals surface area contributed by atoms with E-state index in [9.17, 15) is 68.2 Å². The lowest BCUT2D eigenvalue weighted by Crippen LogP contribution is -2.26. The number of fused-ring (bicyclic) bond motifs is 3. The number of amidine groups is 3. The van der Waals surface area contributed by atoms with Crippen LogP contribution in [-0.4, -0.2) is 168 Å². The number of ether oxygens (including phenoxy) is 2. The number of aldehydes is 1. The van der Waals surface area contributed by atoms with Crippen LogP contribution in [0.25, 0.3) is 29.1 Å². The first-order valence-electron chi connectivity index (χ1n) is 29.9. The molecule has 8 rings (SSSR count). The zero-order chi connectivity index (χ0) is 75.8. The molecule has 0 amide bonds. The molecule has 3 aliphatic heterocycles. The molecule has 528 valence electrons. The van der Waals surface area contributed by atoms with Crippen molar-refractivity contribution in [1.29, 1.82) is 0 Å². The van der Waals surface area contributed by atoms with Gasteiger partial charge in [-0.2, -0.15) is 0 Å². The topological polar surface area (TPSA) is 516 Å². The molecule has 0 saturated heterocycles. The van der Waals surface area contributed by atoms with Crippen LogP contribution in [0.3, 0.4) is 0 Å². The molecule has 0 saturated carbocycles. The number of carbonyl (C=O) groups is 10. The molecule has 31 heteroatoms. The molecule has 0 unspecified atom stereocenters. The van der Waals surface area contributed by atoms with E-state index in [1.165, 1.54) is 55.5 Å². The number of hydrogen-bond donors (Lipinski definition) is 9. The number of rotatable bonds is 19. The number of nitrogens with two attached hydrogens (primary N) is 3. The van der Waals surface area contributed by atoms with Crippen molar-refractivity contribution < 1.29 is 97.9 Å². The Morgan fingerprint density at radius 2 is 0.851 bits per heavy atom. The molecule has 0 spiro atoms. The molecule has 12 N–H and O–H groups in total. The number of carbonyl (C=O) groups excluding carboxylic acids is 9. The normalized spacial score (nSPS) is 12.8. The van der Waals surface area contributed by atoms with E-state index in [4.69, 9.17) is 63.9 Å². The number of aliphatic hydroxyl groups excluding tert-OH is 5. The Bertz CT molecular complexity index is 4310. The Morgan fingerprint density at radius 1 is 0.525 bits per heavy atom. The van der Waals surface area contributed by atoms with Crippen LogP contribution < -0.4 is 17.2 Å². The van der Waals surface area contributed by atoms with Crippen LogP contribution in [0.2, 0.25) is 0 Å². The van der Waals surface area contributed by atoms with Gasteiger partial charge in [0.2, 0.25) is 6.54 Å². The molecule has 0 aromatic heterocycles. The number of hydrogen-bond acceptors (Lipinski definition) is 27. The fourth-order valence-electron chi connectivity index (χ4n) is 8.74. The van der Waals surface area contributed by atoms with Crippen molar-refractivity contribution in [1.82, 2.24) is 0 Å². The van der Waals surface area contributed by atoms with E-state index in [1.807, 2.05) is 0 Å². The molecule has 3 heterocycles. The minimum atomic E-state index is -1.05. The van der Waals surface area contributed by atoms with E-state index in [2.05, 4.69) is 19.8 Å². The monoisotopic (exact) mass is 1390 g/mol. The molecule has 5 aromatic rings. The van der Waals surface area contributed by atoms with Crippen LogP contribution in [0.4, 0.5) is 28.4 Å². The molecule has 0 aliphatic carbocycles. The van der Waals surface area contributed by atoms with Gasteiger partial charge in [-0.05, 0) is 103 Å². The summed E-state index contributed by atoms with van der Waals surface area (Å²) < 4.78 is 10.6. The summed E-state index contributed by atoms with van der Waals surface area (Å²) in [6.07, 6.45) is 6.94. The van der Waals surface area contributed by atoms with Crippen molar-refractivity contribution in [2.45, 2.75) is 78.9 Å². The summed E-state index contributed by atoms with van der Waals surface area (Å²) >= 11 is 0. The number of nitrogens with zero attached hydrogens (tertiary/aromatic N) is 6. The second-order valence-corrected chi connectivity index (χ2v) is 23.6. The third-order valence-corrected chi connectivity index (χ3v) is 13.5. The van der Waals surface area contributed by atoms with Gasteiger partial charge in [-0.15, -0.1) is 0 Å². The number of carboxylic acid groups (broad SMARTS) is 1. The number of aliphatic imine (C=N–C) groups is 3. The van der Waals surface area contributed by atoms with Gasteiger partial charge in [-0.3, -0.25) is 53.8 Å². The quantitative estimate of drug-likeness (QED) is 0.00769. The zero-order valence-electron chi connectivity index (χ0n) is 55.5. The summed E-state index contributed by atoms with van der Waals surface area (Å²) in [6.45, 7) is 15.3. The fourth-order valence-corrected chi connectivity index (χ4v) is 8.74. The van der Waals surface area contributed by atoms with Crippen LogP contribution in [0, 0.1) is 26.8 Å². The minimum absolute atomic E-state index is 0.00907. The van der Waals surface area contributed by atoms with Crippen molar-refractivity contribution in [3.63, 3.8) is 0 Å². The predicted octanol–water partition coefficient (Wildman–Crippen LogP) is 6.92. The Morgan fingerprint density at radius 3 is 1.19 bits per heavy atom. The molecule has 0 fully saturated rings. The predicted molar refractivity (Wildman–Crippen MR) is 369 cm³/mol. The highest BCUT2D eigenvalue weighted by atomic mass is 16.6. The summed E-state index contributed by atoms with van der Waals surface area (Å²) in [5.74, 6) is -4.04. The van der Waals surface area contributed by atoms with Crippen molar-refractivity contribution in [2.24, 2.45) is 32.2 Å². The highest BCUT2D eigenvalue weighted by Gasteiger charge is 2.27. The van der Waals surface area contributed by atoms with Crippen LogP contribution in [0.15, 0.2) is 128 Å². The molecule has 0 radical (unpaired) electrons. The molecule has 101 heavy (non-hydrogen) atoms. The number of nitro groups is 2. The van der Waals surface area contributed by atoms with Crippen molar-refractivity contribution in [3.05, 3.63) is 201 Å². The largest absolute Gasteiger partial charge is 0.478 e. The second-order valence-electron chi connectivity index (χ2n) is 23.6. The summed E-state index contributed by atoms with van der Waals surface area (Å²) in [7, 11) is 0. The maximum Gasteiger partial charge on any atom is 0.342 e. The van der Waals surface area contributed by atoms with Gasteiger partial charge in [0.1, 0.15) is 67.3 Å². The third kappa shape index (κ3) is 24.6. The lowest BCUT2D eigenvalue weighted by molar-refractivity contribution is -0.385. The number of aliphatic hydroxyl groups is 5. The number of benzene rings is 5. The Balaban J connectivity index is 0.000000270. The van der Waals surface area contributed by atoms with Crippen LogP contribution in [-0.2, 0) is 28.7 Å². The van der Waals surface area contributed by atoms with Gasteiger partial charge in [-0.25, -0.2) is 35.9 Å². The highest BCUT2D eigenvalue weighted by molar-refractivity contribution is 6.08. The van der Waals surface area contributed by atoms with Crippen molar-refractivity contribution in [2.75, 3.05) is 39.6 Å². The van der Waals surface area contributed by atoms with E-state index < -0.39 is 106 Å². The van der Waals surface area contributed by atoms with Crippen LogP contribution in [0.5, 0.6) is 0 Å². The molecule has 3 aliphatic rings. The van der Waals surface area contributed by atoms with Crippen molar-refractivity contribution >= 4 is 129 Å². The highest BCUT2D eigenvalue weighted by Crippen LogP contribution is 2.32. The summed E-state index contributed by atoms with van der Waals surface area (Å²) in [5, 5.41) is 74.8. The Hall–Kier alpha value is -12.3. The second kappa shape index (κ2) is 36.8. The summed E-state index contributed by atoms with van der Waals surface area (Å²) in [5.41, 5.74) is 20.5. The smallest absolute Gasteiger partial charge is 0.342 e. The van der Waals surface area contributed by atoms with Gasteiger partial charge < -0.3 is 62.2 Å². The van der Waals surface area contributed by atoms with E-state index in [0.29, 0.717) is 74.6 Å². The maximum absolute atomic E-state index is 12.3. The van der Waals surface area contributed by atoms with Gasteiger partial charge in [0.15, 0.2) is 41.0 Å². The number of esters is 2. The van der Waals surface area contributed by atoms with Gasteiger partial charge in [0.25, 0.3) is 11.4 Å². The fraction of sp³-hybridized carbons (Fsp3) is 0.257. The molecular formula is C70H71N9O22. The van der Waals surface area contributed by atoms with Crippen LogP contribution >= 0.6 is 0 Å². The van der Waals surface area contributed by atoms with Crippen molar-refractivity contribution in [3.8, 4) is 0 Å². The van der Waals surface area contributed by atoms with E-state index in [-0.39, 0.29) is 76.0 Å². The summed E-state index contributed by atoms with van der Waals surface area (Å²) in [4.78, 5) is 150. The molecule has 0 atom stereocenters. The van der Waals surface area contributed by atoms with E-state index >= 15 is 0 Å². The lowest BCUT2D eigenvalue weighted by Gasteiger charge is -2.20. The Labute approximate surface area is 576 Å². The van der Waals surface area contributed by atoms with Gasteiger partial charge >= 0.3 is 17.9 Å². The molecule has 5 aromatic carbocycles. The Kier molecular flexibility index (Phi) is 29.6.